The first-order chi connectivity index (χ1) is 19.6. The van der Waals surface area contributed by atoms with Gasteiger partial charge < -0.3 is 19.5 Å². The number of likely N-dealkylation sites (tertiary alicyclic amines) is 1. The van der Waals surface area contributed by atoms with Crippen molar-refractivity contribution in [2.75, 3.05) is 26.7 Å². The molecule has 3 aliphatic rings. The molecule has 7 nitrogen and oxygen atoms in total. The number of rotatable bonds is 5. The molecule has 2 atom stereocenters. The van der Waals surface area contributed by atoms with E-state index in [-0.39, 0.29) is 30.4 Å². The molecule has 0 saturated carbocycles. The van der Waals surface area contributed by atoms with Crippen LogP contribution in [-0.2, 0) is 22.6 Å². The first-order valence-corrected chi connectivity index (χ1v) is 14.2. The fourth-order valence-corrected chi connectivity index (χ4v) is 6.98. The van der Waals surface area contributed by atoms with Crippen molar-refractivity contribution in [3.8, 4) is 5.75 Å². The van der Waals surface area contributed by atoms with Gasteiger partial charge in [0.05, 0.1) is 13.2 Å². The second kappa shape index (κ2) is 10.1. The number of methoxy groups -OCH3 is 1. The van der Waals surface area contributed by atoms with Gasteiger partial charge in [-0.2, -0.15) is 0 Å². The maximum Gasteiger partial charge on any atom is 0.246 e. The third-order valence-electron chi connectivity index (χ3n) is 8.95. The molecule has 0 bridgehead atoms. The van der Waals surface area contributed by atoms with Crippen molar-refractivity contribution in [1.29, 1.82) is 0 Å². The number of piperazine rings is 1. The topological polar surface area (TPSA) is 68.9 Å². The lowest BCUT2D eigenvalue weighted by molar-refractivity contribution is -0.161. The van der Waals surface area contributed by atoms with Gasteiger partial charge in [-0.05, 0) is 47.7 Å². The van der Waals surface area contributed by atoms with Crippen molar-refractivity contribution < 1.29 is 14.3 Å². The quantitative estimate of drug-likeness (QED) is 0.409. The Kier molecular flexibility index (Phi) is 6.31. The van der Waals surface area contributed by atoms with Crippen molar-refractivity contribution in [3.63, 3.8) is 0 Å². The second-order valence-corrected chi connectivity index (χ2v) is 11.2. The number of para-hydroxylation sites is 1. The highest BCUT2D eigenvalue weighted by Crippen LogP contribution is 2.43. The zero-order chi connectivity index (χ0) is 27.2. The normalized spacial score (nSPS) is 21.9. The number of hydrogen-bond acceptors (Lipinski definition) is 4. The lowest BCUT2D eigenvalue weighted by atomic mass is 9.85. The lowest BCUT2D eigenvalue weighted by Crippen LogP contribution is -2.65. The Hall–Kier alpha value is -4.10. The summed E-state index contributed by atoms with van der Waals surface area (Å²) in [5.41, 5.74) is 5.41. The highest BCUT2D eigenvalue weighted by Gasteiger charge is 2.49. The maximum absolute atomic E-state index is 14.2. The van der Waals surface area contributed by atoms with E-state index in [1.165, 1.54) is 5.56 Å². The van der Waals surface area contributed by atoms with E-state index in [1.807, 2.05) is 52.3 Å². The van der Waals surface area contributed by atoms with Crippen molar-refractivity contribution in [3.05, 3.63) is 101 Å². The maximum atomic E-state index is 14.2. The molecule has 1 aromatic heterocycles. The highest BCUT2D eigenvalue weighted by atomic mass is 16.5. The largest absolute Gasteiger partial charge is 0.497 e. The van der Waals surface area contributed by atoms with E-state index in [2.05, 4.69) is 46.3 Å². The van der Waals surface area contributed by atoms with Crippen LogP contribution in [-0.4, -0.2) is 70.3 Å². The first kappa shape index (κ1) is 24.9. The Morgan fingerprint density at radius 1 is 0.925 bits per heavy atom. The van der Waals surface area contributed by atoms with Crippen LogP contribution in [0.1, 0.15) is 41.3 Å². The molecule has 7 heteroatoms. The van der Waals surface area contributed by atoms with E-state index in [9.17, 15) is 9.59 Å². The summed E-state index contributed by atoms with van der Waals surface area (Å²) >= 11 is 0. The average molecular weight is 535 g/mol. The third-order valence-corrected chi connectivity index (χ3v) is 8.95. The van der Waals surface area contributed by atoms with Gasteiger partial charge >= 0.3 is 0 Å². The Labute approximate surface area is 234 Å². The zero-order valence-electron chi connectivity index (χ0n) is 22.8. The molecule has 0 unspecified atom stereocenters. The third kappa shape index (κ3) is 4.25. The summed E-state index contributed by atoms with van der Waals surface area (Å²) in [6.45, 7) is 2.90. The molecule has 4 aromatic rings. The van der Waals surface area contributed by atoms with E-state index < -0.39 is 6.04 Å². The van der Waals surface area contributed by atoms with Crippen molar-refractivity contribution in [2.24, 2.45) is 0 Å². The van der Waals surface area contributed by atoms with Gasteiger partial charge in [0.1, 0.15) is 18.3 Å². The van der Waals surface area contributed by atoms with Gasteiger partial charge in [0, 0.05) is 48.7 Å². The zero-order valence-corrected chi connectivity index (χ0v) is 22.8. The fraction of sp³-hybridized carbons (Fsp3) is 0.333. The van der Waals surface area contributed by atoms with Gasteiger partial charge in [-0.25, -0.2) is 0 Å². The molecule has 204 valence electrons. The van der Waals surface area contributed by atoms with Crippen LogP contribution in [0.25, 0.3) is 10.9 Å². The average Bonchev–Trinajstić information content (AvgIpc) is 3.37. The molecule has 40 heavy (non-hydrogen) atoms. The molecule has 4 heterocycles. The second-order valence-electron chi connectivity index (χ2n) is 11.2. The van der Waals surface area contributed by atoms with Gasteiger partial charge in [0.25, 0.3) is 0 Å². The van der Waals surface area contributed by atoms with E-state index in [1.54, 1.807) is 7.11 Å². The number of nitrogens with one attached hydrogen (secondary N) is 1. The van der Waals surface area contributed by atoms with E-state index in [0.29, 0.717) is 6.42 Å². The van der Waals surface area contributed by atoms with Crippen LogP contribution in [0.5, 0.6) is 5.75 Å². The number of ether oxygens (including phenoxy) is 1. The summed E-state index contributed by atoms with van der Waals surface area (Å²) < 4.78 is 5.53. The van der Waals surface area contributed by atoms with E-state index in [4.69, 9.17) is 4.74 Å². The highest BCUT2D eigenvalue weighted by molar-refractivity contribution is 5.97. The Balaban J connectivity index is 1.19. The molecule has 2 amide bonds. The molecule has 0 radical (unpaired) electrons. The van der Waals surface area contributed by atoms with Crippen molar-refractivity contribution in [2.45, 2.75) is 43.9 Å². The summed E-state index contributed by atoms with van der Waals surface area (Å²) in [6, 6.07) is 25.8. The number of fused-ring (bicyclic) bond motifs is 4. The molecule has 3 aliphatic heterocycles. The van der Waals surface area contributed by atoms with Crippen LogP contribution in [0.15, 0.2) is 78.9 Å². The summed E-state index contributed by atoms with van der Waals surface area (Å²) in [5, 5.41) is 1.12. The van der Waals surface area contributed by atoms with Crippen LogP contribution < -0.4 is 4.74 Å². The molecule has 7 rings (SSSR count). The number of aromatic nitrogens is 1. The number of nitrogens with zero attached hydrogens (tertiary/aromatic N) is 3. The van der Waals surface area contributed by atoms with Crippen LogP contribution in [0.2, 0.25) is 0 Å². The molecule has 1 N–H and O–H groups in total. The number of benzene rings is 3. The molecule has 3 aromatic carbocycles. The predicted molar refractivity (Wildman–Crippen MR) is 154 cm³/mol. The SMILES string of the molecule is COc1cccc([C@@H]2c3[nH]c4ccccc4c3C[C@H]3C(=O)N(C4CCN(Cc5ccccc5)CC4)CC(=O)N23)c1. The Morgan fingerprint density at radius 2 is 1.70 bits per heavy atom. The van der Waals surface area contributed by atoms with Gasteiger partial charge in [0.15, 0.2) is 0 Å². The molecular formula is C33H34N4O3. The van der Waals surface area contributed by atoms with Crippen LogP contribution in [0.4, 0.5) is 0 Å². The van der Waals surface area contributed by atoms with Gasteiger partial charge in [0.2, 0.25) is 11.8 Å². The molecule has 0 spiro atoms. The minimum atomic E-state index is -0.522. The summed E-state index contributed by atoms with van der Waals surface area (Å²) in [7, 11) is 1.65. The van der Waals surface area contributed by atoms with Crippen LogP contribution in [0, 0.1) is 0 Å². The Bertz CT molecular complexity index is 1560. The molecular weight excluding hydrogens is 500 g/mol. The van der Waals surface area contributed by atoms with Crippen molar-refractivity contribution >= 4 is 22.7 Å². The van der Waals surface area contributed by atoms with Gasteiger partial charge in [-0.3, -0.25) is 14.5 Å². The van der Waals surface area contributed by atoms with Gasteiger partial charge in [-0.1, -0.05) is 60.7 Å². The van der Waals surface area contributed by atoms with Crippen LogP contribution in [0.3, 0.4) is 0 Å². The predicted octanol–water partition coefficient (Wildman–Crippen LogP) is 4.53. The monoisotopic (exact) mass is 534 g/mol. The fourth-order valence-electron chi connectivity index (χ4n) is 6.98. The number of carbonyl (C=O) groups excluding carboxylic acids is 2. The minimum Gasteiger partial charge on any atom is -0.497 e. The summed E-state index contributed by atoms with van der Waals surface area (Å²) in [5.74, 6) is 0.815. The van der Waals surface area contributed by atoms with E-state index in [0.717, 1.165) is 65.9 Å². The van der Waals surface area contributed by atoms with Crippen LogP contribution >= 0.6 is 0 Å². The first-order valence-electron chi connectivity index (χ1n) is 14.2. The minimum absolute atomic E-state index is 0.00782. The summed E-state index contributed by atoms with van der Waals surface area (Å²) in [6.07, 6.45) is 2.29. The number of aromatic amines is 1. The summed E-state index contributed by atoms with van der Waals surface area (Å²) in [4.78, 5) is 38.0. The lowest BCUT2D eigenvalue weighted by Gasteiger charge is -2.49. The Morgan fingerprint density at radius 3 is 2.50 bits per heavy atom. The standard InChI is InChI=1S/C33H34N4O3/c1-40-25-11-7-10-23(18-25)32-31-27(26-12-5-6-13-28(26)34-31)19-29-33(39)36(21-30(38)37(29)32)24-14-16-35(17-15-24)20-22-8-3-2-4-9-22/h2-13,18,24,29,32,34H,14-17,19-21H2,1H3/t29-,32+/m0/s1. The number of H-pyrrole nitrogens is 1. The number of amides is 2. The van der Waals surface area contributed by atoms with Gasteiger partial charge in [-0.15, -0.1) is 0 Å². The molecule has 2 fully saturated rings. The van der Waals surface area contributed by atoms with E-state index >= 15 is 0 Å². The number of hydrogen-bond donors (Lipinski definition) is 1. The smallest absolute Gasteiger partial charge is 0.246 e. The molecule has 0 aliphatic carbocycles. The number of piperidine rings is 1. The van der Waals surface area contributed by atoms with Crippen molar-refractivity contribution in [1.82, 2.24) is 19.7 Å². The molecule has 2 saturated heterocycles. The number of carbonyl (C=O) groups is 2.